The van der Waals surface area contributed by atoms with E-state index in [0.717, 1.165) is 4.90 Å². The number of hydrogen-bond acceptors (Lipinski definition) is 5. The zero-order valence-corrected chi connectivity index (χ0v) is 19.0. The number of anilines is 1. The number of aliphatic hydroxyl groups excluding tert-OH is 1. The maximum Gasteiger partial charge on any atom is 0.250 e. The highest BCUT2D eigenvalue weighted by atomic mass is 35.5. The lowest BCUT2D eigenvalue weighted by atomic mass is 9.76. The van der Waals surface area contributed by atoms with Gasteiger partial charge in [0.2, 0.25) is 17.7 Å². The molecule has 9 heteroatoms. The Morgan fingerprint density at radius 2 is 1.76 bits per heavy atom. The van der Waals surface area contributed by atoms with Gasteiger partial charge < -0.3 is 10.4 Å². The second-order valence-electron chi connectivity index (χ2n) is 9.80. The van der Waals surface area contributed by atoms with E-state index in [1.165, 1.54) is 18.2 Å². The van der Waals surface area contributed by atoms with Crippen molar-refractivity contribution in [2.45, 2.75) is 44.0 Å². The van der Waals surface area contributed by atoms with Gasteiger partial charge in [0.15, 0.2) is 0 Å². The van der Waals surface area contributed by atoms with E-state index in [-0.39, 0.29) is 5.56 Å². The van der Waals surface area contributed by atoms with Crippen LogP contribution in [-0.4, -0.2) is 39.3 Å². The van der Waals surface area contributed by atoms with Crippen molar-refractivity contribution < 1.29 is 23.9 Å². The largest absolute Gasteiger partial charge is 0.387 e. The van der Waals surface area contributed by atoms with Crippen LogP contribution in [0.15, 0.2) is 42.5 Å². The monoisotopic (exact) mass is 471 g/mol. The molecule has 5 atom stereocenters. The topological polar surface area (TPSA) is 98.7 Å². The lowest BCUT2D eigenvalue weighted by Crippen LogP contribution is -2.56. The van der Waals surface area contributed by atoms with E-state index in [9.17, 15) is 23.9 Å². The number of nitrogens with one attached hydrogen (secondary N) is 2. The van der Waals surface area contributed by atoms with Crippen LogP contribution >= 0.6 is 11.6 Å². The maximum absolute atomic E-state index is 14.3. The molecule has 3 N–H and O–H groups in total. The maximum atomic E-state index is 14.3. The molecule has 5 rings (SSSR count). The number of fused-ring (bicyclic) bond motifs is 4. The minimum Gasteiger partial charge on any atom is -0.387 e. The van der Waals surface area contributed by atoms with Crippen LogP contribution in [0.3, 0.4) is 0 Å². The van der Waals surface area contributed by atoms with E-state index in [1.54, 1.807) is 45.0 Å². The third-order valence-corrected chi connectivity index (χ3v) is 7.09. The molecule has 172 valence electrons. The summed E-state index contributed by atoms with van der Waals surface area (Å²) in [7, 11) is 0. The molecule has 0 unspecified atom stereocenters. The zero-order valence-electron chi connectivity index (χ0n) is 18.2. The Balaban J connectivity index is 1.69. The predicted octanol–water partition coefficient (Wildman–Crippen LogP) is 2.73. The first-order valence-corrected chi connectivity index (χ1v) is 11.1. The van der Waals surface area contributed by atoms with Crippen molar-refractivity contribution in [3.05, 3.63) is 64.4 Å². The van der Waals surface area contributed by atoms with E-state index < -0.39 is 58.6 Å². The van der Waals surface area contributed by atoms with Gasteiger partial charge in [0.1, 0.15) is 11.4 Å². The number of aliphatic hydroxyl groups is 1. The van der Waals surface area contributed by atoms with Crippen LogP contribution in [0.1, 0.15) is 38.0 Å². The smallest absolute Gasteiger partial charge is 0.250 e. The molecule has 0 saturated carbocycles. The standard InChI is InChI=1S/C24H23ClFN3O4/c1-23(2,3)29-20(31)16-17(21(29)32)24(14-10-13(26)8-9-15(14)27-22(24)33)28-18(16)19(30)11-4-6-12(25)7-5-11/h4-10,16-19,28,30H,1-3H3,(H,27,33)/t16-,17+,18+,19+,24-/m0/s1. The average Bonchev–Trinajstić information content (AvgIpc) is 3.33. The second-order valence-corrected chi connectivity index (χ2v) is 10.2. The summed E-state index contributed by atoms with van der Waals surface area (Å²) in [5, 5.41) is 17.6. The van der Waals surface area contributed by atoms with Crippen LogP contribution in [-0.2, 0) is 19.9 Å². The van der Waals surface area contributed by atoms with E-state index in [1.807, 2.05) is 0 Å². The summed E-state index contributed by atoms with van der Waals surface area (Å²) in [5.74, 6) is -4.29. The second kappa shape index (κ2) is 7.09. The van der Waals surface area contributed by atoms with Crippen molar-refractivity contribution in [1.82, 2.24) is 10.2 Å². The summed E-state index contributed by atoms with van der Waals surface area (Å²) in [6.07, 6.45) is -1.23. The van der Waals surface area contributed by atoms with Gasteiger partial charge in [-0.15, -0.1) is 0 Å². The molecular weight excluding hydrogens is 449 g/mol. The van der Waals surface area contributed by atoms with Crippen LogP contribution in [0.4, 0.5) is 10.1 Å². The highest BCUT2D eigenvalue weighted by molar-refractivity contribution is 6.30. The van der Waals surface area contributed by atoms with Crippen molar-refractivity contribution in [3.63, 3.8) is 0 Å². The number of benzene rings is 2. The van der Waals surface area contributed by atoms with Crippen LogP contribution in [0, 0.1) is 17.7 Å². The van der Waals surface area contributed by atoms with Crippen LogP contribution < -0.4 is 10.6 Å². The fraction of sp³-hybridized carbons (Fsp3) is 0.375. The predicted molar refractivity (Wildman–Crippen MR) is 119 cm³/mol. The number of nitrogens with zero attached hydrogens (tertiary/aromatic N) is 1. The van der Waals surface area contributed by atoms with Gasteiger partial charge >= 0.3 is 0 Å². The molecule has 2 fully saturated rings. The molecule has 3 aliphatic heterocycles. The lowest BCUT2D eigenvalue weighted by Gasteiger charge is -2.35. The molecule has 3 amide bonds. The number of imide groups is 1. The summed E-state index contributed by atoms with van der Waals surface area (Å²) >= 11 is 5.97. The molecule has 2 aromatic rings. The van der Waals surface area contributed by atoms with Gasteiger partial charge in [-0.1, -0.05) is 23.7 Å². The SMILES string of the molecule is CC(C)(C)N1C(=O)[C@@H]2[C@H]([C@H](O)c3ccc(Cl)cc3)N[C@]3(C(=O)Nc4ccc(F)cc43)[C@H]2C1=O. The third-order valence-electron chi connectivity index (χ3n) is 6.83. The molecule has 1 spiro atoms. The van der Waals surface area contributed by atoms with Crippen LogP contribution in [0.5, 0.6) is 0 Å². The highest BCUT2D eigenvalue weighted by Crippen LogP contribution is 2.55. The Labute approximate surface area is 194 Å². The zero-order chi connectivity index (χ0) is 23.9. The Bertz CT molecular complexity index is 1200. The van der Waals surface area contributed by atoms with Crippen molar-refractivity contribution in [2.75, 3.05) is 5.32 Å². The summed E-state index contributed by atoms with van der Waals surface area (Å²) < 4.78 is 14.3. The molecule has 7 nitrogen and oxygen atoms in total. The van der Waals surface area contributed by atoms with Crippen molar-refractivity contribution in [3.8, 4) is 0 Å². The minimum absolute atomic E-state index is 0.255. The van der Waals surface area contributed by atoms with Crippen molar-refractivity contribution in [1.29, 1.82) is 0 Å². The summed E-state index contributed by atoms with van der Waals surface area (Å²) in [6.45, 7) is 5.20. The van der Waals surface area contributed by atoms with Gasteiger partial charge in [-0.3, -0.25) is 24.6 Å². The van der Waals surface area contributed by atoms with Gasteiger partial charge in [0.05, 0.1) is 24.0 Å². The molecule has 3 heterocycles. The number of halogens is 2. The highest BCUT2D eigenvalue weighted by Gasteiger charge is 2.72. The Kier molecular flexibility index (Phi) is 4.73. The van der Waals surface area contributed by atoms with E-state index >= 15 is 0 Å². The molecule has 0 aromatic heterocycles. The molecule has 0 radical (unpaired) electrons. The molecule has 33 heavy (non-hydrogen) atoms. The number of amides is 3. The van der Waals surface area contributed by atoms with Gasteiger partial charge in [-0.05, 0) is 56.7 Å². The first-order chi connectivity index (χ1) is 15.5. The minimum atomic E-state index is -1.69. The molecule has 0 bridgehead atoms. The Morgan fingerprint density at radius 1 is 1.09 bits per heavy atom. The Hall–Kier alpha value is -2.81. The van der Waals surface area contributed by atoms with Gasteiger partial charge in [0, 0.05) is 21.8 Å². The number of hydrogen-bond donors (Lipinski definition) is 3. The van der Waals surface area contributed by atoms with Crippen molar-refractivity contribution in [2.24, 2.45) is 11.8 Å². The molecule has 2 saturated heterocycles. The van der Waals surface area contributed by atoms with E-state index in [4.69, 9.17) is 11.6 Å². The first kappa shape index (κ1) is 22.0. The van der Waals surface area contributed by atoms with Crippen LogP contribution in [0.2, 0.25) is 5.02 Å². The lowest BCUT2D eigenvalue weighted by molar-refractivity contribution is -0.148. The summed E-state index contributed by atoms with van der Waals surface area (Å²) in [4.78, 5) is 41.8. The number of carbonyl (C=O) groups excluding carboxylic acids is 3. The number of likely N-dealkylation sites (tertiary alicyclic amines) is 1. The fourth-order valence-electron chi connectivity index (χ4n) is 5.50. The average molecular weight is 472 g/mol. The van der Waals surface area contributed by atoms with Gasteiger partial charge in [-0.2, -0.15) is 0 Å². The quantitative estimate of drug-likeness (QED) is 0.585. The van der Waals surface area contributed by atoms with E-state index in [2.05, 4.69) is 10.6 Å². The van der Waals surface area contributed by atoms with Crippen LogP contribution in [0.25, 0.3) is 0 Å². The number of carbonyl (C=O) groups is 3. The van der Waals surface area contributed by atoms with Gasteiger partial charge in [-0.25, -0.2) is 4.39 Å². The fourth-order valence-corrected chi connectivity index (χ4v) is 5.63. The molecule has 2 aromatic carbocycles. The normalized spacial score (nSPS) is 29.5. The van der Waals surface area contributed by atoms with Crippen molar-refractivity contribution >= 4 is 35.0 Å². The van der Waals surface area contributed by atoms with E-state index in [0.29, 0.717) is 16.3 Å². The first-order valence-electron chi connectivity index (χ1n) is 10.7. The van der Waals surface area contributed by atoms with Gasteiger partial charge in [0.25, 0.3) is 0 Å². The third kappa shape index (κ3) is 2.97. The molecule has 0 aliphatic carbocycles. The Morgan fingerprint density at radius 3 is 2.39 bits per heavy atom. The summed E-state index contributed by atoms with van der Waals surface area (Å²) in [5.41, 5.74) is -1.43. The molecule has 3 aliphatic rings. The summed E-state index contributed by atoms with van der Waals surface area (Å²) in [6, 6.07) is 9.34. The molecular formula is C24H23ClFN3O4. The number of rotatable bonds is 2.